The highest BCUT2D eigenvalue weighted by molar-refractivity contribution is 6.30. The molecule has 0 radical (unpaired) electrons. The average Bonchev–Trinajstić information content (AvgIpc) is 3.30. The van der Waals surface area contributed by atoms with E-state index in [9.17, 15) is 0 Å². The van der Waals surface area contributed by atoms with Crippen molar-refractivity contribution in [1.82, 2.24) is 19.7 Å². The fourth-order valence-electron chi connectivity index (χ4n) is 3.73. The number of benzene rings is 3. The fraction of sp³-hybridized carbons (Fsp3) is 0.115. The van der Waals surface area contributed by atoms with Crippen molar-refractivity contribution in [1.29, 1.82) is 0 Å². The summed E-state index contributed by atoms with van der Waals surface area (Å²) in [6.45, 7) is 2.04. The van der Waals surface area contributed by atoms with Crippen molar-refractivity contribution in [3.8, 4) is 17.2 Å². The summed E-state index contributed by atoms with van der Waals surface area (Å²) in [6, 6.07) is 20.9. The Hall–Kier alpha value is -4.30. The van der Waals surface area contributed by atoms with E-state index < -0.39 is 0 Å². The topological polar surface area (TPSA) is 86.1 Å². The number of hydrogen-bond acceptors (Lipinski definition) is 7. The van der Waals surface area contributed by atoms with Gasteiger partial charge in [-0.25, -0.2) is 4.68 Å². The highest BCUT2D eigenvalue weighted by Crippen LogP contribution is 2.33. The molecule has 0 aliphatic heterocycles. The van der Waals surface area contributed by atoms with E-state index >= 15 is 0 Å². The fourth-order valence-corrected chi connectivity index (χ4v) is 3.85. The molecule has 9 heteroatoms. The van der Waals surface area contributed by atoms with Crippen LogP contribution in [0.2, 0.25) is 5.02 Å². The van der Waals surface area contributed by atoms with Gasteiger partial charge in [-0.1, -0.05) is 29.8 Å². The number of halogens is 1. The monoisotopic (exact) mass is 486 g/mol. The summed E-state index contributed by atoms with van der Waals surface area (Å²) in [4.78, 5) is 9.57. The summed E-state index contributed by atoms with van der Waals surface area (Å²) in [7, 11) is 3.21. The summed E-state index contributed by atoms with van der Waals surface area (Å²) in [5.41, 5.74) is 4.21. The zero-order chi connectivity index (χ0) is 24.4. The number of para-hydroxylation sites is 1. The molecule has 8 nitrogen and oxygen atoms in total. The van der Waals surface area contributed by atoms with Crippen molar-refractivity contribution in [2.45, 2.75) is 6.92 Å². The highest BCUT2D eigenvalue weighted by atomic mass is 35.5. The molecule has 2 aromatic heterocycles. The SMILES string of the molecule is COc1ccc(Nc2nc(Nc3ccc(Cl)cc3)c3cnn(-c4ccccc4C)c3n2)c(OC)c1. The van der Waals surface area contributed by atoms with Gasteiger partial charge < -0.3 is 20.1 Å². The van der Waals surface area contributed by atoms with E-state index in [-0.39, 0.29) is 0 Å². The van der Waals surface area contributed by atoms with Gasteiger partial charge in [0.2, 0.25) is 5.95 Å². The Bertz CT molecular complexity index is 1500. The van der Waals surface area contributed by atoms with Crippen LogP contribution in [-0.2, 0) is 0 Å². The summed E-state index contributed by atoms with van der Waals surface area (Å²) < 4.78 is 12.7. The van der Waals surface area contributed by atoms with Gasteiger partial charge in [0.05, 0.1) is 37.2 Å². The molecule has 0 unspecified atom stereocenters. The molecule has 0 amide bonds. The molecule has 0 saturated carbocycles. The molecule has 176 valence electrons. The minimum atomic E-state index is 0.382. The van der Waals surface area contributed by atoms with Crippen LogP contribution in [0.25, 0.3) is 16.7 Å². The van der Waals surface area contributed by atoms with Gasteiger partial charge >= 0.3 is 0 Å². The maximum absolute atomic E-state index is 6.06. The maximum atomic E-state index is 6.06. The predicted octanol–water partition coefficient (Wildman–Crippen LogP) is 6.28. The zero-order valence-corrected chi connectivity index (χ0v) is 20.2. The highest BCUT2D eigenvalue weighted by Gasteiger charge is 2.17. The first-order valence-electron chi connectivity index (χ1n) is 10.9. The molecule has 3 aromatic carbocycles. The third kappa shape index (κ3) is 4.56. The van der Waals surface area contributed by atoms with Crippen LogP contribution in [0.15, 0.2) is 72.9 Å². The molecule has 2 heterocycles. The normalized spacial score (nSPS) is 10.9. The van der Waals surface area contributed by atoms with E-state index in [1.807, 2.05) is 72.3 Å². The summed E-state index contributed by atoms with van der Waals surface area (Å²) in [5, 5.41) is 12.7. The second-order valence-electron chi connectivity index (χ2n) is 7.80. The number of aromatic nitrogens is 4. The van der Waals surface area contributed by atoms with Crippen molar-refractivity contribution < 1.29 is 9.47 Å². The average molecular weight is 487 g/mol. The lowest BCUT2D eigenvalue weighted by Crippen LogP contribution is -2.05. The minimum Gasteiger partial charge on any atom is -0.497 e. The lowest BCUT2D eigenvalue weighted by molar-refractivity contribution is 0.395. The molecule has 5 aromatic rings. The zero-order valence-electron chi connectivity index (χ0n) is 19.4. The van der Waals surface area contributed by atoms with Crippen LogP contribution in [0.5, 0.6) is 11.5 Å². The Morgan fingerprint density at radius 2 is 1.69 bits per heavy atom. The standard InChI is InChI=1S/C26H23ClN6O2/c1-16-6-4-5-7-22(16)33-25-20(15-28-33)24(29-18-10-8-17(27)9-11-18)31-26(32-25)30-21-13-12-19(34-2)14-23(21)35-3/h4-15H,1-3H3,(H2,29,30,31,32). The van der Waals surface area contributed by atoms with E-state index in [0.29, 0.717) is 39.6 Å². The van der Waals surface area contributed by atoms with Gasteiger partial charge in [-0.05, 0) is 55.0 Å². The van der Waals surface area contributed by atoms with Crippen molar-refractivity contribution in [2.75, 3.05) is 24.9 Å². The second-order valence-corrected chi connectivity index (χ2v) is 8.24. The molecule has 0 spiro atoms. The molecular formula is C26H23ClN6O2. The van der Waals surface area contributed by atoms with Crippen LogP contribution in [0.1, 0.15) is 5.56 Å². The van der Waals surface area contributed by atoms with Crippen LogP contribution >= 0.6 is 11.6 Å². The van der Waals surface area contributed by atoms with E-state index in [2.05, 4.69) is 15.7 Å². The summed E-state index contributed by atoms with van der Waals surface area (Å²) in [6.07, 6.45) is 1.76. The van der Waals surface area contributed by atoms with E-state index in [4.69, 9.17) is 31.0 Å². The number of nitrogens with zero attached hydrogens (tertiary/aromatic N) is 4. The van der Waals surface area contributed by atoms with Crippen LogP contribution in [0.3, 0.4) is 0 Å². The molecule has 0 aliphatic rings. The quantitative estimate of drug-likeness (QED) is 0.280. The molecular weight excluding hydrogens is 464 g/mol. The second kappa shape index (κ2) is 9.52. The van der Waals surface area contributed by atoms with Gasteiger partial charge in [-0.2, -0.15) is 15.1 Å². The Morgan fingerprint density at radius 3 is 2.43 bits per heavy atom. The Labute approximate surface area is 207 Å². The summed E-state index contributed by atoms with van der Waals surface area (Å²) >= 11 is 6.06. The molecule has 35 heavy (non-hydrogen) atoms. The number of aryl methyl sites for hydroxylation is 1. The molecule has 2 N–H and O–H groups in total. The van der Waals surface area contributed by atoms with Crippen LogP contribution in [0, 0.1) is 6.92 Å². The Kier molecular flexibility index (Phi) is 6.12. The van der Waals surface area contributed by atoms with Crippen molar-refractivity contribution in [3.63, 3.8) is 0 Å². The van der Waals surface area contributed by atoms with Gasteiger partial charge in [-0.3, -0.25) is 0 Å². The largest absolute Gasteiger partial charge is 0.497 e. The van der Waals surface area contributed by atoms with Gasteiger partial charge in [0.15, 0.2) is 5.65 Å². The number of anilines is 4. The van der Waals surface area contributed by atoms with Gasteiger partial charge in [-0.15, -0.1) is 0 Å². The van der Waals surface area contributed by atoms with Gasteiger partial charge in [0.1, 0.15) is 17.3 Å². The molecule has 0 atom stereocenters. The minimum absolute atomic E-state index is 0.382. The van der Waals surface area contributed by atoms with Crippen molar-refractivity contribution in [3.05, 3.63) is 83.5 Å². The molecule has 0 saturated heterocycles. The molecule has 5 rings (SSSR count). The van der Waals surface area contributed by atoms with Crippen LogP contribution in [0.4, 0.5) is 23.1 Å². The Morgan fingerprint density at radius 1 is 0.886 bits per heavy atom. The maximum Gasteiger partial charge on any atom is 0.231 e. The van der Waals surface area contributed by atoms with Crippen LogP contribution < -0.4 is 20.1 Å². The number of hydrogen-bond donors (Lipinski definition) is 2. The van der Waals surface area contributed by atoms with Crippen LogP contribution in [-0.4, -0.2) is 34.0 Å². The number of methoxy groups -OCH3 is 2. The molecule has 0 bridgehead atoms. The van der Waals surface area contributed by atoms with Gasteiger partial charge in [0, 0.05) is 16.8 Å². The number of nitrogens with one attached hydrogen (secondary N) is 2. The third-order valence-corrected chi connectivity index (χ3v) is 5.79. The molecule has 0 aliphatic carbocycles. The predicted molar refractivity (Wildman–Crippen MR) is 139 cm³/mol. The summed E-state index contributed by atoms with van der Waals surface area (Å²) in [5.74, 6) is 2.28. The molecule has 0 fully saturated rings. The lowest BCUT2D eigenvalue weighted by atomic mass is 10.2. The number of ether oxygens (including phenoxy) is 2. The third-order valence-electron chi connectivity index (χ3n) is 5.53. The van der Waals surface area contributed by atoms with Crippen molar-refractivity contribution >= 4 is 45.8 Å². The lowest BCUT2D eigenvalue weighted by Gasteiger charge is -2.14. The van der Waals surface area contributed by atoms with E-state index in [1.54, 1.807) is 26.5 Å². The first-order chi connectivity index (χ1) is 17.1. The number of rotatable bonds is 7. The number of fused-ring (bicyclic) bond motifs is 1. The first kappa shape index (κ1) is 22.5. The van der Waals surface area contributed by atoms with Gasteiger partial charge in [0.25, 0.3) is 0 Å². The first-order valence-corrected chi connectivity index (χ1v) is 11.3. The van der Waals surface area contributed by atoms with E-state index in [0.717, 1.165) is 22.3 Å². The van der Waals surface area contributed by atoms with Crippen molar-refractivity contribution in [2.24, 2.45) is 0 Å². The smallest absolute Gasteiger partial charge is 0.231 e. The Balaban J connectivity index is 1.64. The van der Waals surface area contributed by atoms with E-state index in [1.165, 1.54) is 0 Å².